The Morgan fingerprint density at radius 3 is 2.62 bits per heavy atom. The van der Waals surface area contributed by atoms with Gasteiger partial charge in [-0.15, -0.1) is 0 Å². The second kappa shape index (κ2) is 6.54. The molecular weight excluding hydrogens is 306 g/mol. The Kier molecular flexibility index (Phi) is 4.29. The van der Waals surface area contributed by atoms with Crippen LogP contribution in [0.3, 0.4) is 0 Å². The Labute approximate surface area is 138 Å². The van der Waals surface area contributed by atoms with E-state index in [1.165, 1.54) is 0 Å². The van der Waals surface area contributed by atoms with Crippen LogP contribution in [-0.2, 0) is 4.79 Å². The van der Waals surface area contributed by atoms with Crippen molar-refractivity contribution < 1.29 is 14.7 Å². The number of aromatic nitrogens is 2. The number of carboxylic acid groups (broad SMARTS) is 1. The number of nitrogens with zero attached hydrogens (tertiary/aromatic N) is 1. The first kappa shape index (κ1) is 15.7. The van der Waals surface area contributed by atoms with Crippen LogP contribution in [0, 0.1) is 0 Å². The molecule has 3 rings (SSSR count). The average Bonchev–Trinajstić information content (AvgIpc) is 2.97. The maximum absolute atomic E-state index is 11.8. The summed E-state index contributed by atoms with van der Waals surface area (Å²) in [4.78, 5) is 30.1. The summed E-state index contributed by atoms with van der Waals surface area (Å²) >= 11 is 0. The van der Waals surface area contributed by atoms with Gasteiger partial charge in [0.25, 0.3) is 0 Å². The Bertz CT molecular complexity index is 898. The van der Waals surface area contributed by atoms with Gasteiger partial charge in [0.2, 0.25) is 5.91 Å². The zero-order chi connectivity index (χ0) is 17.1. The van der Waals surface area contributed by atoms with Gasteiger partial charge >= 0.3 is 5.97 Å². The predicted octanol–water partition coefficient (Wildman–Crippen LogP) is 3.67. The number of benzene rings is 1. The molecule has 6 nitrogen and oxygen atoms in total. The highest BCUT2D eigenvalue weighted by Crippen LogP contribution is 2.27. The summed E-state index contributed by atoms with van der Waals surface area (Å²) in [5, 5.41) is 12.7. The summed E-state index contributed by atoms with van der Waals surface area (Å²) in [7, 11) is 0. The number of fused-ring (bicyclic) bond motifs is 1. The van der Waals surface area contributed by atoms with E-state index in [-0.39, 0.29) is 11.5 Å². The minimum absolute atomic E-state index is 0.0328. The second-order valence-electron chi connectivity index (χ2n) is 5.50. The number of carbonyl (C=O) groups excluding carboxylic acids is 1. The third-order valence-electron chi connectivity index (χ3n) is 3.75. The highest BCUT2D eigenvalue weighted by molar-refractivity contribution is 6.01. The maximum Gasteiger partial charge on any atom is 0.335 e. The predicted molar refractivity (Wildman–Crippen MR) is 92.0 cm³/mol. The van der Waals surface area contributed by atoms with Crippen molar-refractivity contribution >= 4 is 28.6 Å². The lowest BCUT2D eigenvalue weighted by Crippen LogP contribution is -2.10. The van der Waals surface area contributed by atoms with Gasteiger partial charge < -0.3 is 15.4 Å². The molecule has 1 aromatic carbocycles. The number of nitrogens with one attached hydrogen (secondary N) is 2. The van der Waals surface area contributed by atoms with Crippen molar-refractivity contribution in [2.45, 2.75) is 19.8 Å². The van der Waals surface area contributed by atoms with Crippen molar-refractivity contribution in [1.82, 2.24) is 9.97 Å². The van der Waals surface area contributed by atoms with E-state index in [9.17, 15) is 9.59 Å². The fraction of sp³-hybridized carbons (Fsp3) is 0.167. The number of aromatic carboxylic acids is 1. The molecule has 0 saturated heterocycles. The smallest absolute Gasteiger partial charge is 0.335 e. The van der Waals surface area contributed by atoms with Crippen LogP contribution in [-0.4, -0.2) is 27.0 Å². The van der Waals surface area contributed by atoms with Gasteiger partial charge in [0.15, 0.2) is 0 Å². The number of H-pyrrole nitrogens is 1. The van der Waals surface area contributed by atoms with Crippen molar-refractivity contribution in [3.05, 3.63) is 48.3 Å². The first-order chi connectivity index (χ1) is 11.6. The highest BCUT2D eigenvalue weighted by atomic mass is 16.4. The van der Waals surface area contributed by atoms with Gasteiger partial charge in [0.05, 0.1) is 11.3 Å². The Hall–Kier alpha value is -3.15. The molecule has 0 fully saturated rings. The number of hydrogen-bond donors (Lipinski definition) is 3. The Balaban J connectivity index is 1.95. The molecule has 122 valence electrons. The van der Waals surface area contributed by atoms with E-state index >= 15 is 0 Å². The summed E-state index contributed by atoms with van der Waals surface area (Å²) in [5.74, 6) is -0.990. The zero-order valence-corrected chi connectivity index (χ0v) is 13.2. The third kappa shape index (κ3) is 3.12. The highest BCUT2D eigenvalue weighted by Gasteiger charge is 2.10. The van der Waals surface area contributed by atoms with Crippen molar-refractivity contribution in [2.75, 3.05) is 5.32 Å². The quantitative estimate of drug-likeness (QED) is 0.667. The number of pyridine rings is 1. The van der Waals surface area contributed by atoms with Crippen LogP contribution < -0.4 is 5.32 Å². The summed E-state index contributed by atoms with van der Waals surface area (Å²) < 4.78 is 0. The fourth-order valence-electron chi connectivity index (χ4n) is 2.51. The topological polar surface area (TPSA) is 95.1 Å². The Morgan fingerprint density at radius 2 is 1.96 bits per heavy atom. The first-order valence-electron chi connectivity index (χ1n) is 7.69. The molecule has 0 atom stereocenters. The van der Waals surface area contributed by atoms with Gasteiger partial charge in [-0.2, -0.15) is 0 Å². The SMILES string of the molecule is CCCC(=O)Nc1c[nH]c2ncc(-c3ccc(C(=O)O)cc3)cc12. The van der Waals surface area contributed by atoms with Gasteiger partial charge in [-0.3, -0.25) is 4.79 Å². The molecule has 2 heterocycles. The molecule has 24 heavy (non-hydrogen) atoms. The van der Waals surface area contributed by atoms with E-state index < -0.39 is 5.97 Å². The fourth-order valence-corrected chi connectivity index (χ4v) is 2.51. The molecule has 2 aromatic heterocycles. The number of amides is 1. The van der Waals surface area contributed by atoms with Crippen molar-refractivity contribution in [1.29, 1.82) is 0 Å². The summed E-state index contributed by atoms with van der Waals surface area (Å²) in [5.41, 5.74) is 3.33. The molecule has 0 spiro atoms. The van der Waals surface area contributed by atoms with Crippen LogP contribution in [0.5, 0.6) is 0 Å². The number of anilines is 1. The summed E-state index contributed by atoms with van der Waals surface area (Å²) in [6.07, 6.45) is 4.69. The molecular formula is C18H17N3O3. The van der Waals surface area contributed by atoms with E-state index in [0.717, 1.165) is 22.9 Å². The average molecular weight is 323 g/mol. The number of carboxylic acids is 1. The molecule has 3 aromatic rings. The molecule has 0 bridgehead atoms. The van der Waals surface area contributed by atoms with Crippen LogP contribution in [0.4, 0.5) is 5.69 Å². The number of hydrogen-bond acceptors (Lipinski definition) is 3. The van der Waals surface area contributed by atoms with Gasteiger partial charge in [0, 0.05) is 29.8 Å². The molecule has 0 aliphatic heterocycles. The van der Waals surface area contributed by atoms with E-state index in [2.05, 4.69) is 15.3 Å². The lowest BCUT2D eigenvalue weighted by molar-refractivity contribution is -0.116. The first-order valence-corrected chi connectivity index (χ1v) is 7.69. The van der Waals surface area contributed by atoms with Crippen LogP contribution in [0.2, 0.25) is 0 Å². The van der Waals surface area contributed by atoms with E-state index in [0.29, 0.717) is 17.8 Å². The molecule has 3 N–H and O–H groups in total. The summed E-state index contributed by atoms with van der Waals surface area (Å²) in [6.45, 7) is 1.95. The van der Waals surface area contributed by atoms with Gasteiger partial charge in [-0.05, 0) is 30.2 Å². The molecule has 0 aliphatic rings. The van der Waals surface area contributed by atoms with Crippen molar-refractivity contribution in [3.63, 3.8) is 0 Å². The maximum atomic E-state index is 11.8. The van der Waals surface area contributed by atoms with Crippen LogP contribution >= 0.6 is 0 Å². The van der Waals surface area contributed by atoms with E-state index in [1.807, 2.05) is 13.0 Å². The van der Waals surface area contributed by atoms with Crippen molar-refractivity contribution in [3.8, 4) is 11.1 Å². The van der Waals surface area contributed by atoms with Crippen molar-refractivity contribution in [2.24, 2.45) is 0 Å². The number of aromatic amines is 1. The molecule has 0 radical (unpaired) electrons. The zero-order valence-electron chi connectivity index (χ0n) is 13.2. The number of carbonyl (C=O) groups is 2. The minimum Gasteiger partial charge on any atom is -0.478 e. The van der Waals surface area contributed by atoms with Gasteiger partial charge in [-0.1, -0.05) is 19.1 Å². The largest absolute Gasteiger partial charge is 0.478 e. The molecule has 0 aliphatic carbocycles. The van der Waals surface area contributed by atoms with E-state index in [1.54, 1.807) is 36.7 Å². The monoisotopic (exact) mass is 323 g/mol. The molecule has 0 unspecified atom stereocenters. The molecule has 1 amide bonds. The third-order valence-corrected chi connectivity index (χ3v) is 3.75. The van der Waals surface area contributed by atoms with E-state index in [4.69, 9.17) is 5.11 Å². The number of rotatable bonds is 5. The minimum atomic E-state index is -0.957. The normalized spacial score (nSPS) is 10.7. The van der Waals surface area contributed by atoms with Crippen LogP contribution in [0.15, 0.2) is 42.7 Å². The van der Waals surface area contributed by atoms with Crippen LogP contribution in [0.1, 0.15) is 30.1 Å². The molecule has 0 saturated carbocycles. The molecule has 6 heteroatoms. The van der Waals surface area contributed by atoms with Gasteiger partial charge in [-0.25, -0.2) is 9.78 Å². The lowest BCUT2D eigenvalue weighted by atomic mass is 10.0. The summed E-state index contributed by atoms with van der Waals surface area (Å²) in [6, 6.07) is 8.53. The lowest BCUT2D eigenvalue weighted by Gasteiger charge is -2.05. The Morgan fingerprint density at radius 1 is 1.21 bits per heavy atom. The second-order valence-corrected chi connectivity index (χ2v) is 5.50. The standard InChI is InChI=1S/C18H17N3O3/c1-2-3-16(22)21-15-10-20-17-14(15)8-13(9-19-17)11-4-6-12(7-5-11)18(23)24/h4-10H,2-3H2,1H3,(H,19,20)(H,21,22)(H,23,24). The van der Waals surface area contributed by atoms with Gasteiger partial charge in [0.1, 0.15) is 5.65 Å². The van der Waals surface area contributed by atoms with Crippen LogP contribution in [0.25, 0.3) is 22.2 Å².